The summed E-state index contributed by atoms with van der Waals surface area (Å²) in [5.41, 5.74) is 2.79. The van der Waals surface area contributed by atoms with Crippen molar-refractivity contribution in [3.63, 3.8) is 0 Å². The molecule has 0 radical (unpaired) electrons. The number of hydrogen-bond donors (Lipinski definition) is 1. The molecule has 0 aliphatic carbocycles. The van der Waals surface area contributed by atoms with E-state index in [0.29, 0.717) is 0 Å². The molecular formula is C2H5BN2. The third-order valence-electron chi connectivity index (χ3n) is 0.568. The fourth-order valence-electron chi connectivity index (χ4n) is 0.323. The van der Waals surface area contributed by atoms with E-state index < -0.39 is 0 Å². The fraction of sp³-hybridized carbons (Fsp3) is 1.00. The molecule has 3 heteroatoms. The molecule has 0 unspecified atom stereocenters. The van der Waals surface area contributed by atoms with Gasteiger partial charge >= 0.3 is 30.4 Å². The van der Waals surface area contributed by atoms with E-state index in [1.54, 1.807) is 0 Å². The van der Waals surface area contributed by atoms with Crippen LogP contribution < -0.4 is 5.43 Å². The van der Waals surface area contributed by atoms with Crippen LogP contribution in [0.15, 0.2) is 5.00 Å². The molecule has 1 aliphatic heterocycles. The van der Waals surface area contributed by atoms with Gasteiger partial charge in [0.25, 0.3) is 0 Å². The summed E-state index contributed by atoms with van der Waals surface area (Å²) in [6.07, 6.45) is 1.10. The van der Waals surface area contributed by atoms with Crippen LogP contribution in [0.5, 0.6) is 0 Å². The Morgan fingerprint density at radius 1 is 1.80 bits per heavy atom. The molecule has 0 amide bonds. The van der Waals surface area contributed by atoms with Crippen LogP contribution in [0, 0.1) is 0 Å². The van der Waals surface area contributed by atoms with Crippen LogP contribution >= 0.6 is 0 Å². The van der Waals surface area contributed by atoms with E-state index in [-0.39, 0.29) is 0 Å². The molecule has 26 valence electrons. The van der Waals surface area contributed by atoms with Crippen molar-refractivity contribution in [1.82, 2.24) is 5.43 Å². The third kappa shape index (κ3) is 0.467. The Morgan fingerprint density at radius 2 is 2.80 bits per heavy atom. The first kappa shape index (κ1) is 2.88. The Kier molecular flexibility index (Phi) is 0.689. The quantitative estimate of drug-likeness (QED) is 0.391. The summed E-state index contributed by atoms with van der Waals surface area (Å²) in [7, 11) is 1.88. The van der Waals surface area contributed by atoms with Crippen molar-refractivity contribution >= 4 is 7.07 Å². The number of hydrogen-bond acceptors (Lipinski definition) is 2. The molecule has 1 aliphatic rings. The zero-order valence-corrected chi connectivity index (χ0v) is 2.94. The van der Waals surface area contributed by atoms with Crippen molar-refractivity contribution in [2.24, 2.45) is 5.00 Å². The molecule has 2 nitrogen and oxygen atoms in total. The Balaban J connectivity index is 2.32. The first-order valence-corrected chi connectivity index (χ1v) is 1.74. The first-order valence-electron chi connectivity index (χ1n) is 1.74. The van der Waals surface area contributed by atoms with Gasteiger partial charge in [-0.25, -0.2) is 0 Å². The zero-order valence-electron chi connectivity index (χ0n) is 2.94. The fourth-order valence-corrected chi connectivity index (χ4v) is 0.323. The van der Waals surface area contributed by atoms with E-state index in [1.807, 2.05) is 7.07 Å². The molecule has 1 N–H and O–H groups in total. The Bertz CT molecular complexity index is 45.6. The van der Waals surface area contributed by atoms with E-state index in [1.165, 1.54) is 0 Å². The van der Waals surface area contributed by atoms with Gasteiger partial charge in [-0.2, -0.15) is 0 Å². The van der Waals surface area contributed by atoms with Gasteiger partial charge in [-0.1, -0.05) is 0 Å². The molecule has 0 aromatic carbocycles. The van der Waals surface area contributed by atoms with Gasteiger partial charge in [0.2, 0.25) is 0 Å². The van der Waals surface area contributed by atoms with Crippen molar-refractivity contribution in [2.45, 2.75) is 6.32 Å². The molecule has 0 aromatic rings. The second-order valence-electron chi connectivity index (χ2n) is 1.01. The second kappa shape index (κ2) is 1.20. The Morgan fingerprint density at radius 3 is 3.00 bits per heavy atom. The average molecular weight is 67.9 g/mol. The predicted molar refractivity (Wildman–Crippen MR) is 21.0 cm³/mol. The van der Waals surface area contributed by atoms with Crippen LogP contribution in [0.4, 0.5) is 0 Å². The topological polar surface area (TPSA) is 24.4 Å². The molecule has 0 spiro atoms. The predicted octanol–water partition coefficient (Wildman–Crippen LogP) is -0.189. The van der Waals surface area contributed by atoms with E-state index in [0.717, 1.165) is 12.9 Å². The minimum absolute atomic E-state index is 1.03. The van der Waals surface area contributed by atoms with Crippen LogP contribution in [-0.2, 0) is 0 Å². The molecule has 0 bridgehead atoms. The Labute approximate surface area is 31.5 Å². The van der Waals surface area contributed by atoms with E-state index in [2.05, 4.69) is 10.4 Å². The van der Waals surface area contributed by atoms with Gasteiger partial charge in [0.05, 0.1) is 0 Å². The average Bonchev–Trinajstić information content (AvgIpc) is 1.76. The van der Waals surface area contributed by atoms with Crippen LogP contribution in [0.3, 0.4) is 0 Å². The standard InChI is InChI=1S/C2H5BN2/c1-2-4-5-3-1/h4H,1-2H2. The molecule has 0 aromatic heterocycles. The first-order chi connectivity index (χ1) is 2.50. The normalized spacial score (nSPS) is 17.6. The van der Waals surface area contributed by atoms with Crippen molar-refractivity contribution < 1.29 is 0 Å². The van der Waals surface area contributed by atoms with Crippen LogP contribution in [0.25, 0.3) is 0 Å². The van der Waals surface area contributed by atoms with E-state index in [9.17, 15) is 0 Å². The monoisotopic (exact) mass is 68.1 g/mol. The molecule has 0 fully saturated rings. The summed E-state index contributed by atoms with van der Waals surface area (Å²) in [4.78, 5) is 0. The molecule has 5 heavy (non-hydrogen) atoms. The van der Waals surface area contributed by atoms with Gasteiger partial charge in [0, 0.05) is 0 Å². The maximum absolute atomic E-state index is 3.71. The van der Waals surface area contributed by atoms with Crippen molar-refractivity contribution in [3.8, 4) is 0 Å². The number of nitrogens with zero attached hydrogens (tertiary/aromatic N) is 1. The van der Waals surface area contributed by atoms with E-state index >= 15 is 0 Å². The molecule has 1 heterocycles. The Hall–Kier alpha value is -0.335. The van der Waals surface area contributed by atoms with Gasteiger partial charge in [-0.3, -0.25) is 0 Å². The summed E-state index contributed by atoms with van der Waals surface area (Å²) in [6, 6.07) is 0. The molecule has 0 saturated carbocycles. The SMILES string of the molecule is B1=NNCC1. The summed E-state index contributed by atoms with van der Waals surface area (Å²) in [5.74, 6) is 0. The van der Waals surface area contributed by atoms with Gasteiger partial charge < -0.3 is 0 Å². The molecule has 0 atom stereocenters. The second-order valence-corrected chi connectivity index (χ2v) is 1.01. The summed E-state index contributed by atoms with van der Waals surface area (Å²) in [6.45, 7) is 1.03. The molecule has 1 rings (SSSR count). The van der Waals surface area contributed by atoms with Crippen LogP contribution in [0.1, 0.15) is 0 Å². The van der Waals surface area contributed by atoms with Crippen LogP contribution in [-0.4, -0.2) is 13.6 Å². The van der Waals surface area contributed by atoms with Crippen molar-refractivity contribution in [3.05, 3.63) is 0 Å². The van der Waals surface area contributed by atoms with Gasteiger partial charge in [-0.15, -0.1) is 0 Å². The zero-order chi connectivity index (χ0) is 3.54. The van der Waals surface area contributed by atoms with Crippen molar-refractivity contribution in [1.29, 1.82) is 0 Å². The van der Waals surface area contributed by atoms with E-state index in [4.69, 9.17) is 0 Å². The van der Waals surface area contributed by atoms with Crippen LogP contribution in [0.2, 0.25) is 6.32 Å². The van der Waals surface area contributed by atoms with Gasteiger partial charge in [0.1, 0.15) is 0 Å². The minimum atomic E-state index is 1.03. The number of nitrogens with one attached hydrogen (secondary N) is 1. The summed E-state index contributed by atoms with van der Waals surface area (Å²) in [5, 5.41) is 3.71. The third-order valence-corrected chi connectivity index (χ3v) is 0.568. The molecular weight excluding hydrogens is 62.8 g/mol. The maximum atomic E-state index is 3.71. The van der Waals surface area contributed by atoms with Crippen molar-refractivity contribution in [2.75, 3.05) is 6.54 Å². The summed E-state index contributed by atoms with van der Waals surface area (Å²) < 4.78 is 0. The van der Waals surface area contributed by atoms with Gasteiger partial charge in [-0.05, 0) is 0 Å². The summed E-state index contributed by atoms with van der Waals surface area (Å²) >= 11 is 0. The van der Waals surface area contributed by atoms with Gasteiger partial charge in [0.15, 0.2) is 0 Å². The molecule has 0 saturated heterocycles. The number of rotatable bonds is 0.